The van der Waals surface area contributed by atoms with Crippen LogP contribution in [0.2, 0.25) is 0 Å². The first kappa shape index (κ1) is 16.1. The predicted octanol–water partition coefficient (Wildman–Crippen LogP) is 1.82. The van der Waals surface area contributed by atoms with Crippen LogP contribution in [0.5, 0.6) is 0 Å². The number of primary amides is 1. The van der Waals surface area contributed by atoms with E-state index in [2.05, 4.69) is 10.1 Å². The van der Waals surface area contributed by atoms with Gasteiger partial charge in [-0.1, -0.05) is 24.2 Å². The van der Waals surface area contributed by atoms with Gasteiger partial charge in [-0.05, 0) is 31.2 Å². The average Bonchev–Trinajstić information content (AvgIpc) is 2.86. The van der Waals surface area contributed by atoms with Gasteiger partial charge in [0, 0.05) is 6.42 Å². The Morgan fingerprint density at radius 1 is 1.50 bits per heavy atom. The monoisotopic (exact) mass is 306 g/mol. The van der Waals surface area contributed by atoms with Crippen molar-refractivity contribution in [3.8, 4) is 0 Å². The number of aromatic nitrogens is 2. The Morgan fingerprint density at radius 3 is 2.91 bits per heavy atom. The third kappa shape index (κ3) is 3.88. The highest BCUT2D eigenvalue weighted by molar-refractivity contribution is 5.81. The van der Waals surface area contributed by atoms with Crippen LogP contribution in [-0.4, -0.2) is 28.0 Å². The minimum atomic E-state index is -0.766. The first-order chi connectivity index (χ1) is 10.5. The van der Waals surface area contributed by atoms with Crippen LogP contribution in [0.4, 0.5) is 4.39 Å². The lowest BCUT2D eigenvalue weighted by Gasteiger charge is -2.24. The van der Waals surface area contributed by atoms with Crippen LogP contribution in [0.3, 0.4) is 0 Å². The lowest BCUT2D eigenvalue weighted by Crippen LogP contribution is -2.35. The van der Waals surface area contributed by atoms with Crippen molar-refractivity contribution >= 4 is 5.91 Å². The molecule has 2 aromatic rings. The maximum absolute atomic E-state index is 13.4. The van der Waals surface area contributed by atoms with Gasteiger partial charge in [0.2, 0.25) is 11.8 Å². The SMILES string of the molecule is CCCc1noc(CN(C)[C@@H](C(N)=O)c2cccc(F)c2)n1. The van der Waals surface area contributed by atoms with Crippen molar-refractivity contribution in [1.82, 2.24) is 15.0 Å². The molecule has 0 radical (unpaired) electrons. The number of hydrogen-bond donors (Lipinski definition) is 1. The van der Waals surface area contributed by atoms with Gasteiger partial charge in [0.1, 0.15) is 11.9 Å². The van der Waals surface area contributed by atoms with E-state index in [0.29, 0.717) is 17.3 Å². The number of nitrogens with zero attached hydrogens (tertiary/aromatic N) is 3. The minimum absolute atomic E-state index is 0.251. The van der Waals surface area contributed by atoms with E-state index >= 15 is 0 Å². The number of aryl methyl sites for hydroxylation is 1. The van der Waals surface area contributed by atoms with Crippen molar-refractivity contribution in [2.24, 2.45) is 5.73 Å². The first-order valence-corrected chi connectivity index (χ1v) is 7.07. The Bertz CT molecular complexity index is 644. The van der Waals surface area contributed by atoms with Gasteiger partial charge >= 0.3 is 0 Å². The fraction of sp³-hybridized carbons (Fsp3) is 0.400. The quantitative estimate of drug-likeness (QED) is 0.843. The average molecular weight is 306 g/mol. The van der Waals surface area contributed by atoms with Crippen molar-refractivity contribution < 1.29 is 13.7 Å². The Balaban J connectivity index is 2.15. The van der Waals surface area contributed by atoms with E-state index in [9.17, 15) is 9.18 Å². The molecule has 0 unspecified atom stereocenters. The zero-order valence-corrected chi connectivity index (χ0v) is 12.6. The van der Waals surface area contributed by atoms with Crippen molar-refractivity contribution in [2.75, 3.05) is 7.05 Å². The highest BCUT2D eigenvalue weighted by Crippen LogP contribution is 2.21. The lowest BCUT2D eigenvalue weighted by atomic mass is 10.0. The summed E-state index contributed by atoms with van der Waals surface area (Å²) in [6.07, 6.45) is 1.65. The molecule has 0 spiro atoms. The van der Waals surface area contributed by atoms with Crippen LogP contribution < -0.4 is 5.73 Å². The Labute approximate surface area is 128 Å². The summed E-state index contributed by atoms with van der Waals surface area (Å²) in [5.41, 5.74) is 5.95. The lowest BCUT2D eigenvalue weighted by molar-refractivity contribution is -0.123. The third-order valence-electron chi connectivity index (χ3n) is 3.24. The number of likely N-dealkylation sites (N-methyl/N-ethyl adjacent to an activating group) is 1. The molecule has 0 aliphatic heterocycles. The topological polar surface area (TPSA) is 85.3 Å². The number of carbonyl (C=O) groups is 1. The highest BCUT2D eigenvalue weighted by Gasteiger charge is 2.25. The van der Waals surface area contributed by atoms with Gasteiger partial charge in [0.05, 0.1) is 6.54 Å². The number of benzene rings is 1. The standard InChI is InChI=1S/C15H19FN4O2/c1-3-5-12-18-13(22-19-12)9-20(2)14(15(17)21)10-6-4-7-11(16)8-10/h4,6-8,14H,3,5,9H2,1-2H3,(H2,17,21)/t14-/m1/s1. The molecule has 2 rings (SSSR count). The number of nitrogens with two attached hydrogens (primary N) is 1. The van der Waals surface area contributed by atoms with Crippen LogP contribution in [-0.2, 0) is 17.8 Å². The molecule has 0 saturated heterocycles. The fourth-order valence-electron chi connectivity index (χ4n) is 2.30. The molecule has 2 N–H and O–H groups in total. The molecular weight excluding hydrogens is 287 g/mol. The van der Waals surface area contributed by atoms with E-state index in [1.807, 2.05) is 6.92 Å². The van der Waals surface area contributed by atoms with E-state index in [1.165, 1.54) is 12.1 Å². The molecule has 0 aliphatic carbocycles. The van der Waals surface area contributed by atoms with Crippen molar-refractivity contribution in [2.45, 2.75) is 32.4 Å². The van der Waals surface area contributed by atoms with Crippen LogP contribution in [0.15, 0.2) is 28.8 Å². The summed E-state index contributed by atoms with van der Waals surface area (Å²) in [4.78, 5) is 17.6. The second-order valence-corrected chi connectivity index (χ2v) is 5.13. The Hall–Kier alpha value is -2.28. The van der Waals surface area contributed by atoms with Gasteiger partial charge in [0.25, 0.3) is 0 Å². The molecule has 22 heavy (non-hydrogen) atoms. The van der Waals surface area contributed by atoms with Gasteiger partial charge < -0.3 is 10.3 Å². The molecule has 6 nitrogen and oxygen atoms in total. The van der Waals surface area contributed by atoms with Crippen LogP contribution in [0.1, 0.15) is 36.7 Å². The molecule has 118 valence electrons. The summed E-state index contributed by atoms with van der Waals surface area (Å²) in [7, 11) is 1.70. The second kappa shape index (κ2) is 7.13. The number of carbonyl (C=O) groups excluding carboxylic acids is 1. The molecule has 1 heterocycles. The molecule has 1 atom stereocenters. The first-order valence-electron chi connectivity index (χ1n) is 7.07. The van der Waals surface area contributed by atoms with Crippen LogP contribution in [0.25, 0.3) is 0 Å². The van der Waals surface area contributed by atoms with Crippen molar-refractivity contribution in [3.63, 3.8) is 0 Å². The van der Waals surface area contributed by atoms with Gasteiger partial charge in [-0.3, -0.25) is 9.69 Å². The summed E-state index contributed by atoms with van der Waals surface area (Å²) in [5, 5.41) is 3.86. The van der Waals surface area contributed by atoms with Gasteiger partial charge in [-0.2, -0.15) is 4.98 Å². The minimum Gasteiger partial charge on any atom is -0.368 e. The summed E-state index contributed by atoms with van der Waals surface area (Å²) in [6, 6.07) is 5.04. The Morgan fingerprint density at radius 2 is 2.27 bits per heavy atom. The third-order valence-corrected chi connectivity index (χ3v) is 3.24. The summed E-state index contributed by atoms with van der Waals surface area (Å²) in [6.45, 7) is 2.27. The van der Waals surface area contributed by atoms with Gasteiger partial charge in [-0.15, -0.1) is 0 Å². The summed E-state index contributed by atoms with van der Waals surface area (Å²) < 4.78 is 18.5. The normalized spacial score (nSPS) is 12.5. The maximum Gasteiger partial charge on any atom is 0.240 e. The molecule has 0 aliphatic rings. The van der Waals surface area contributed by atoms with Gasteiger partial charge in [0.15, 0.2) is 5.82 Å². The molecule has 1 amide bonds. The van der Waals surface area contributed by atoms with E-state index in [1.54, 1.807) is 24.1 Å². The summed E-state index contributed by atoms with van der Waals surface area (Å²) in [5.74, 6) is 0.0439. The van der Waals surface area contributed by atoms with E-state index in [4.69, 9.17) is 10.3 Å². The van der Waals surface area contributed by atoms with Crippen molar-refractivity contribution in [3.05, 3.63) is 47.4 Å². The predicted molar refractivity (Wildman–Crippen MR) is 78.1 cm³/mol. The molecule has 7 heteroatoms. The van der Waals surface area contributed by atoms with E-state index in [0.717, 1.165) is 12.8 Å². The molecule has 0 fully saturated rings. The molecule has 0 saturated carbocycles. The van der Waals surface area contributed by atoms with Crippen molar-refractivity contribution in [1.29, 1.82) is 0 Å². The zero-order chi connectivity index (χ0) is 16.1. The number of hydrogen-bond acceptors (Lipinski definition) is 5. The van der Waals surface area contributed by atoms with Crippen LogP contribution in [0, 0.1) is 5.82 Å². The van der Waals surface area contributed by atoms with Gasteiger partial charge in [-0.25, -0.2) is 4.39 Å². The molecule has 1 aromatic heterocycles. The zero-order valence-electron chi connectivity index (χ0n) is 12.6. The smallest absolute Gasteiger partial charge is 0.240 e. The Kier molecular flexibility index (Phi) is 5.21. The van der Waals surface area contributed by atoms with E-state index < -0.39 is 17.8 Å². The molecule has 0 bridgehead atoms. The fourth-order valence-corrected chi connectivity index (χ4v) is 2.30. The largest absolute Gasteiger partial charge is 0.368 e. The maximum atomic E-state index is 13.4. The molecular formula is C15H19FN4O2. The molecule has 1 aromatic carbocycles. The second-order valence-electron chi connectivity index (χ2n) is 5.13. The number of halogens is 1. The van der Waals surface area contributed by atoms with Crippen LogP contribution >= 0.6 is 0 Å². The highest BCUT2D eigenvalue weighted by atomic mass is 19.1. The number of amides is 1. The van der Waals surface area contributed by atoms with E-state index in [-0.39, 0.29) is 6.54 Å². The summed E-state index contributed by atoms with van der Waals surface area (Å²) >= 11 is 0. The number of rotatable bonds is 7.